The molecular weight excluding hydrogens is 520 g/mol. The van der Waals surface area contributed by atoms with Crippen molar-refractivity contribution >= 4 is 35.1 Å². The molecule has 216 valence electrons. The van der Waals surface area contributed by atoms with Crippen LogP contribution in [-0.2, 0) is 35.1 Å². The van der Waals surface area contributed by atoms with Crippen LogP contribution in [0, 0.1) is 21.7 Å². The molecule has 2 heterocycles. The fraction of sp³-hybridized carbons (Fsp3) is 0.515. The number of rotatable bonds is 6. The molecule has 4 bridgehead atoms. The molecule has 41 heavy (non-hydrogen) atoms. The van der Waals surface area contributed by atoms with E-state index in [0.717, 1.165) is 11.1 Å². The quantitative estimate of drug-likeness (QED) is 0.460. The largest absolute Gasteiger partial charge is 0.448 e. The van der Waals surface area contributed by atoms with Gasteiger partial charge in [0.05, 0.1) is 10.8 Å². The Bertz CT molecular complexity index is 1370. The summed E-state index contributed by atoms with van der Waals surface area (Å²) in [5.74, 6) is -1.14. The first kappa shape index (κ1) is 27.5. The van der Waals surface area contributed by atoms with E-state index in [0.29, 0.717) is 43.5 Å². The van der Waals surface area contributed by atoms with Crippen LogP contribution >= 0.6 is 0 Å². The van der Waals surface area contributed by atoms with Gasteiger partial charge in [-0.3, -0.25) is 19.2 Å². The van der Waals surface area contributed by atoms with Crippen molar-refractivity contribution in [1.82, 2.24) is 0 Å². The summed E-state index contributed by atoms with van der Waals surface area (Å²) in [6.07, 6.45) is 2.99. The van der Waals surface area contributed by atoms with E-state index in [-0.39, 0.29) is 23.8 Å². The van der Waals surface area contributed by atoms with Crippen LogP contribution in [0.1, 0.15) is 78.4 Å². The second kappa shape index (κ2) is 8.43. The molecule has 4 aliphatic rings. The van der Waals surface area contributed by atoms with E-state index >= 15 is 0 Å². The average molecular weight is 559 g/mol. The molecular formula is C33H38N2O6. The number of hydrogen-bond donors (Lipinski definition) is 2. The highest BCUT2D eigenvalue weighted by Crippen LogP contribution is 2.66. The van der Waals surface area contributed by atoms with Crippen molar-refractivity contribution in [2.45, 2.75) is 84.8 Å². The van der Waals surface area contributed by atoms with Gasteiger partial charge in [-0.1, -0.05) is 52.0 Å². The molecule has 2 aromatic rings. The fourth-order valence-electron chi connectivity index (χ4n) is 7.61. The highest BCUT2D eigenvalue weighted by atomic mass is 16.6. The maximum atomic E-state index is 13.3. The van der Waals surface area contributed by atoms with Crippen molar-refractivity contribution in [2.24, 2.45) is 21.7 Å². The van der Waals surface area contributed by atoms with Gasteiger partial charge in [0.1, 0.15) is 0 Å². The number of esters is 2. The molecule has 4 atom stereocenters. The second-order valence-electron chi connectivity index (χ2n) is 13.8. The minimum atomic E-state index is -1.15. The molecule has 8 heteroatoms. The Hall–Kier alpha value is -3.68. The number of carbonyl (C=O) groups is 4. The van der Waals surface area contributed by atoms with Crippen LogP contribution in [0.15, 0.2) is 48.5 Å². The first-order chi connectivity index (χ1) is 19.1. The molecule has 4 fully saturated rings. The summed E-state index contributed by atoms with van der Waals surface area (Å²) in [5.41, 5.74) is -1.38. The molecule has 0 radical (unpaired) electrons. The Morgan fingerprint density at radius 3 is 1.22 bits per heavy atom. The predicted molar refractivity (Wildman–Crippen MR) is 153 cm³/mol. The van der Waals surface area contributed by atoms with Crippen LogP contribution in [0.4, 0.5) is 11.4 Å². The molecule has 2 saturated heterocycles. The molecule has 2 aliphatic carbocycles. The molecule has 2 amide bonds. The second-order valence-corrected chi connectivity index (χ2v) is 13.8. The maximum absolute atomic E-state index is 13.3. The number of carbonyl (C=O) groups excluding carboxylic acids is 4. The molecule has 0 spiro atoms. The first-order valence-electron chi connectivity index (χ1n) is 14.4. The number of ether oxygens (including phenoxy) is 2. The Labute approximate surface area is 240 Å². The van der Waals surface area contributed by atoms with Crippen LogP contribution in [0.25, 0.3) is 0 Å². The Morgan fingerprint density at radius 2 is 0.951 bits per heavy atom. The molecule has 0 aromatic heterocycles. The van der Waals surface area contributed by atoms with E-state index in [1.165, 1.54) is 0 Å². The van der Waals surface area contributed by atoms with E-state index in [1.54, 1.807) is 0 Å². The Morgan fingerprint density at radius 1 is 0.610 bits per heavy atom. The average Bonchev–Trinajstić information content (AvgIpc) is 3.39. The molecule has 0 unspecified atom stereocenters. The number of amides is 2. The van der Waals surface area contributed by atoms with Crippen LogP contribution < -0.4 is 10.6 Å². The molecule has 2 saturated carbocycles. The first-order valence-corrected chi connectivity index (χ1v) is 14.4. The Kier molecular flexibility index (Phi) is 5.65. The fourth-order valence-corrected chi connectivity index (χ4v) is 7.61. The third-order valence-corrected chi connectivity index (χ3v) is 11.7. The van der Waals surface area contributed by atoms with Gasteiger partial charge < -0.3 is 20.1 Å². The summed E-state index contributed by atoms with van der Waals surface area (Å²) in [7, 11) is 0. The highest BCUT2D eigenvalue weighted by molar-refractivity contribution is 6.04. The van der Waals surface area contributed by atoms with Crippen LogP contribution in [-0.4, -0.2) is 35.0 Å². The number of nitrogens with one attached hydrogen (secondary N) is 2. The Balaban J connectivity index is 1.08. The monoisotopic (exact) mass is 558 g/mol. The van der Waals surface area contributed by atoms with Gasteiger partial charge in [-0.2, -0.15) is 0 Å². The predicted octanol–water partition coefficient (Wildman–Crippen LogP) is 5.40. The van der Waals surface area contributed by atoms with Crippen molar-refractivity contribution < 1.29 is 28.7 Å². The standard InChI is InChI=1S/C33H38N2O6/c1-28(2)30(5)15-17-32(28,40-26(30)38)24(36)34-22-11-7-20(8-12-22)19-21-9-13-23(14-10-21)35-25(37)33-18-16-31(6,27(39)41-33)29(33,3)4/h7-14H,15-19H2,1-6H3,(H,34,36)(H,35,37)/t30-,31+,32-,33-/m0/s1. The molecule has 2 aliphatic heterocycles. The summed E-state index contributed by atoms with van der Waals surface area (Å²) >= 11 is 0. The van der Waals surface area contributed by atoms with Crippen LogP contribution in [0.2, 0.25) is 0 Å². The molecule has 2 N–H and O–H groups in total. The third-order valence-electron chi connectivity index (χ3n) is 11.7. The van der Waals surface area contributed by atoms with Crippen LogP contribution in [0.3, 0.4) is 0 Å². The number of fused-ring (bicyclic) bond motifs is 4. The zero-order valence-electron chi connectivity index (χ0n) is 24.6. The van der Waals surface area contributed by atoms with Crippen molar-refractivity contribution in [2.75, 3.05) is 10.6 Å². The minimum Gasteiger partial charge on any atom is -0.448 e. The van der Waals surface area contributed by atoms with Gasteiger partial charge in [-0.15, -0.1) is 0 Å². The van der Waals surface area contributed by atoms with E-state index in [4.69, 9.17) is 9.47 Å². The summed E-state index contributed by atoms with van der Waals surface area (Å²) in [5, 5.41) is 5.94. The van der Waals surface area contributed by atoms with E-state index in [9.17, 15) is 19.2 Å². The SMILES string of the molecule is CC1(C)[C@@]2(C)CC[C@@]1(C(=O)Nc1ccc(Cc3ccc(NC(=O)[C@]45CC[C@](C)(C(=O)O4)C5(C)C)cc3)cc1)OC2=O. The van der Waals surface area contributed by atoms with Gasteiger partial charge in [-0.05, 0) is 81.3 Å². The smallest absolute Gasteiger partial charge is 0.313 e. The van der Waals surface area contributed by atoms with Gasteiger partial charge >= 0.3 is 11.9 Å². The van der Waals surface area contributed by atoms with Crippen molar-refractivity contribution in [3.8, 4) is 0 Å². The lowest BCUT2D eigenvalue weighted by molar-refractivity contribution is -0.166. The summed E-state index contributed by atoms with van der Waals surface area (Å²) in [6, 6.07) is 15.3. The van der Waals surface area contributed by atoms with Gasteiger partial charge in [0.15, 0.2) is 11.2 Å². The lowest BCUT2D eigenvalue weighted by atomic mass is 9.66. The van der Waals surface area contributed by atoms with Crippen LogP contribution in [0.5, 0.6) is 0 Å². The normalized spacial score (nSPS) is 33.8. The van der Waals surface area contributed by atoms with E-state index in [1.807, 2.05) is 90.1 Å². The summed E-state index contributed by atoms with van der Waals surface area (Å²) < 4.78 is 11.4. The van der Waals surface area contributed by atoms with Crippen molar-refractivity contribution in [3.63, 3.8) is 0 Å². The van der Waals surface area contributed by atoms with E-state index < -0.39 is 32.9 Å². The minimum absolute atomic E-state index is 0.278. The highest BCUT2D eigenvalue weighted by Gasteiger charge is 2.76. The lowest BCUT2D eigenvalue weighted by Gasteiger charge is -2.35. The van der Waals surface area contributed by atoms with Gasteiger partial charge in [0.2, 0.25) is 0 Å². The molecule has 8 nitrogen and oxygen atoms in total. The summed E-state index contributed by atoms with van der Waals surface area (Å²) in [4.78, 5) is 51.7. The molecule has 2 aromatic carbocycles. The zero-order valence-corrected chi connectivity index (χ0v) is 24.6. The van der Waals surface area contributed by atoms with Crippen molar-refractivity contribution in [1.29, 1.82) is 0 Å². The van der Waals surface area contributed by atoms with Gasteiger partial charge in [0.25, 0.3) is 11.8 Å². The summed E-state index contributed by atoms with van der Waals surface area (Å²) in [6.45, 7) is 11.6. The number of hydrogen-bond acceptors (Lipinski definition) is 6. The lowest BCUT2D eigenvalue weighted by Crippen LogP contribution is -2.50. The van der Waals surface area contributed by atoms with Crippen molar-refractivity contribution in [3.05, 3.63) is 59.7 Å². The molecule has 6 rings (SSSR count). The maximum Gasteiger partial charge on any atom is 0.313 e. The third kappa shape index (κ3) is 3.39. The zero-order chi connectivity index (χ0) is 29.6. The number of benzene rings is 2. The van der Waals surface area contributed by atoms with E-state index in [2.05, 4.69) is 10.6 Å². The van der Waals surface area contributed by atoms with Gasteiger partial charge in [0, 0.05) is 22.2 Å². The number of anilines is 2. The topological polar surface area (TPSA) is 111 Å². The van der Waals surface area contributed by atoms with Gasteiger partial charge in [-0.25, -0.2) is 0 Å².